The van der Waals surface area contributed by atoms with Crippen molar-refractivity contribution in [3.63, 3.8) is 0 Å². The second-order valence-corrected chi connectivity index (χ2v) is 9.44. The van der Waals surface area contributed by atoms with Crippen LogP contribution in [0.25, 0.3) is 10.8 Å². The molecule has 0 N–H and O–H groups in total. The summed E-state index contributed by atoms with van der Waals surface area (Å²) in [7, 11) is 0. The number of hydrogen-bond donors (Lipinski definition) is 0. The fourth-order valence-corrected chi connectivity index (χ4v) is 5.28. The van der Waals surface area contributed by atoms with Gasteiger partial charge in [-0.15, -0.1) is 0 Å². The zero-order chi connectivity index (χ0) is 21.9. The number of benzene rings is 3. The van der Waals surface area contributed by atoms with Crippen LogP contribution in [0.15, 0.2) is 66.7 Å². The van der Waals surface area contributed by atoms with Gasteiger partial charge in [-0.1, -0.05) is 54.1 Å². The molecular weight excluding hydrogens is 420 g/mol. The number of amides is 1. The summed E-state index contributed by atoms with van der Waals surface area (Å²) in [6.45, 7) is 3.86. The normalized spacial score (nSPS) is 21.7. The van der Waals surface area contributed by atoms with Crippen molar-refractivity contribution in [1.82, 2.24) is 9.80 Å². The fraction of sp³-hybridized carbons (Fsp3) is 0.370. The summed E-state index contributed by atoms with van der Waals surface area (Å²) in [4.78, 5) is 17.7. The first-order chi connectivity index (χ1) is 15.7. The highest BCUT2D eigenvalue weighted by Crippen LogP contribution is 2.34. The Labute approximate surface area is 194 Å². The van der Waals surface area contributed by atoms with Crippen LogP contribution in [-0.2, 0) is 0 Å². The molecule has 2 aliphatic rings. The summed E-state index contributed by atoms with van der Waals surface area (Å²) in [6.07, 6.45) is 4.14. The third kappa shape index (κ3) is 4.77. The lowest BCUT2D eigenvalue weighted by atomic mass is 9.85. The molecule has 2 aliphatic heterocycles. The molecule has 0 spiro atoms. The average Bonchev–Trinajstić information content (AvgIpc) is 3.32. The highest BCUT2D eigenvalue weighted by Gasteiger charge is 2.35. The van der Waals surface area contributed by atoms with Crippen LogP contribution >= 0.6 is 11.6 Å². The number of ether oxygens (including phenoxy) is 1. The van der Waals surface area contributed by atoms with Gasteiger partial charge in [-0.25, -0.2) is 4.79 Å². The number of fused-ring (bicyclic) bond motifs is 1. The van der Waals surface area contributed by atoms with Crippen molar-refractivity contribution in [2.75, 3.05) is 26.2 Å². The summed E-state index contributed by atoms with van der Waals surface area (Å²) in [5.41, 5.74) is 1.31. The number of carbonyl (C=O) groups excluding carboxylic acids is 1. The van der Waals surface area contributed by atoms with E-state index >= 15 is 0 Å². The van der Waals surface area contributed by atoms with Gasteiger partial charge in [0.05, 0.1) is 0 Å². The standard InChI is InChI=1S/C27H29ClN2O2/c28-24-10-7-21(8-11-24)23-13-16-30(25(17-23)19-29-14-3-4-15-29)27(31)32-26-12-9-20-5-1-2-6-22(20)18-26/h1-2,5-12,18,23,25H,3-4,13-17,19H2. The summed E-state index contributed by atoms with van der Waals surface area (Å²) < 4.78 is 5.86. The Morgan fingerprint density at radius 2 is 1.69 bits per heavy atom. The van der Waals surface area contributed by atoms with Gasteiger partial charge in [-0.05, 0) is 85.3 Å². The maximum absolute atomic E-state index is 13.2. The third-order valence-electron chi connectivity index (χ3n) is 6.89. The van der Waals surface area contributed by atoms with E-state index in [0.717, 1.165) is 48.3 Å². The van der Waals surface area contributed by atoms with E-state index < -0.39 is 0 Å². The van der Waals surface area contributed by atoms with Crippen molar-refractivity contribution in [2.45, 2.75) is 37.6 Å². The molecule has 32 heavy (non-hydrogen) atoms. The lowest BCUT2D eigenvalue weighted by Gasteiger charge is -2.40. The quantitative estimate of drug-likeness (QED) is 0.467. The molecule has 166 valence electrons. The van der Waals surface area contributed by atoms with E-state index in [1.54, 1.807) is 0 Å². The van der Waals surface area contributed by atoms with Crippen molar-refractivity contribution >= 4 is 28.5 Å². The molecular formula is C27H29ClN2O2. The van der Waals surface area contributed by atoms with E-state index in [2.05, 4.69) is 23.1 Å². The summed E-state index contributed by atoms with van der Waals surface area (Å²) in [5, 5.41) is 2.98. The Morgan fingerprint density at radius 3 is 2.47 bits per heavy atom. The SMILES string of the molecule is O=C(Oc1ccc2ccccc2c1)N1CCC(c2ccc(Cl)cc2)CC1CN1CCCC1. The summed E-state index contributed by atoms with van der Waals surface area (Å²) in [6, 6.07) is 22.3. The van der Waals surface area contributed by atoms with Crippen molar-refractivity contribution in [3.05, 3.63) is 77.3 Å². The molecule has 5 rings (SSSR count). The molecule has 3 aromatic rings. The molecule has 4 nitrogen and oxygen atoms in total. The Bertz CT molecular complexity index is 1080. The minimum absolute atomic E-state index is 0.149. The van der Waals surface area contributed by atoms with Gasteiger partial charge in [0, 0.05) is 24.2 Å². The number of carbonyl (C=O) groups is 1. The van der Waals surface area contributed by atoms with Gasteiger partial charge in [0.2, 0.25) is 0 Å². The predicted octanol–water partition coefficient (Wildman–Crippen LogP) is 6.34. The Morgan fingerprint density at radius 1 is 0.938 bits per heavy atom. The van der Waals surface area contributed by atoms with Crippen molar-refractivity contribution in [3.8, 4) is 5.75 Å². The Kier molecular flexibility index (Phi) is 6.33. The highest BCUT2D eigenvalue weighted by atomic mass is 35.5. The highest BCUT2D eigenvalue weighted by molar-refractivity contribution is 6.30. The van der Waals surface area contributed by atoms with Gasteiger partial charge in [0.15, 0.2) is 0 Å². The van der Waals surface area contributed by atoms with Crippen LogP contribution in [0.4, 0.5) is 4.79 Å². The van der Waals surface area contributed by atoms with E-state index in [1.165, 1.54) is 18.4 Å². The van der Waals surface area contributed by atoms with Gasteiger partial charge < -0.3 is 14.5 Å². The molecule has 1 amide bonds. The molecule has 0 radical (unpaired) electrons. The number of nitrogens with zero attached hydrogens (tertiary/aromatic N) is 2. The van der Waals surface area contributed by atoms with E-state index in [9.17, 15) is 4.79 Å². The zero-order valence-corrected chi connectivity index (χ0v) is 19.0. The molecule has 3 aromatic carbocycles. The molecule has 0 aromatic heterocycles. The molecule has 0 bridgehead atoms. The molecule has 0 aliphatic carbocycles. The number of halogens is 1. The first-order valence-corrected chi connectivity index (χ1v) is 12.0. The molecule has 2 unspecified atom stereocenters. The minimum Gasteiger partial charge on any atom is -0.410 e. The number of likely N-dealkylation sites (tertiary alicyclic amines) is 2. The monoisotopic (exact) mass is 448 g/mol. The van der Waals surface area contributed by atoms with E-state index in [1.807, 2.05) is 53.4 Å². The van der Waals surface area contributed by atoms with Crippen molar-refractivity contribution in [2.24, 2.45) is 0 Å². The summed E-state index contributed by atoms with van der Waals surface area (Å²) in [5.74, 6) is 1.04. The maximum Gasteiger partial charge on any atom is 0.415 e. The zero-order valence-electron chi connectivity index (χ0n) is 18.3. The van der Waals surface area contributed by atoms with Crippen LogP contribution in [-0.4, -0.2) is 48.1 Å². The van der Waals surface area contributed by atoms with Gasteiger partial charge in [0.25, 0.3) is 0 Å². The fourth-order valence-electron chi connectivity index (χ4n) is 5.16. The van der Waals surface area contributed by atoms with E-state index in [-0.39, 0.29) is 12.1 Å². The van der Waals surface area contributed by atoms with Crippen LogP contribution in [0.2, 0.25) is 5.02 Å². The van der Waals surface area contributed by atoms with Gasteiger partial charge in [0.1, 0.15) is 5.75 Å². The number of piperidine rings is 1. The predicted molar refractivity (Wildman–Crippen MR) is 130 cm³/mol. The second kappa shape index (κ2) is 9.51. The van der Waals surface area contributed by atoms with E-state index in [0.29, 0.717) is 18.2 Å². The van der Waals surface area contributed by atoms with Crippen LogP contribution in [0.3, 0.4) is 0 Å². The van der Waals surface area contributed by atoms with Gasteiger partial charge in [-0.2, -0.15) is 0 Å². The lowest BCUT2D eigenvalue weighted by molar-refractivity contribution is 0.0904. The molecule has 2 fully saturated rings. The average molecular weight is 449 g/mol. The largest absolute Gasteiger partial charge is 0.415 e. The number of hydrogen-bond acceptors (Lipinski definition) is 3. The van der Waals surface area contributed by atoms with Crippen LogP contribution in [0.5, 0.6) is 5.75 Å². The number of rotatable bonds is 4. The van der Waals surface area contributed by atoms with Crippen LogP contribution in [0, 0.1) is 0 Å². The van der Waals surface area contributed by atoms with Crippen LogP contribution < -0.4 is 4.74 Å². The third-order valence-corrected chi connectivity index (χ3v) is 7.14. The smallest absolute Gasteiger partial charge is 0.410 e. The summed E-state index contributed by atoms with van der Waals surface area (Å²) >= 11 is 6.09. The van der Waals surface area contributed by atoms with Crippen molar-refractivity contribution < 1.29 is 9.53 Å². The Hall–Kier alpha value is -2.56. The molecule has 2 heterocycles. The second-order valence-electron chi connectivity index (χ2n) is 9.00. The first-order valence-electron chi connectivity index (χ1n) is 11.6. The minimum atomic E-state index is -0.237. The first kappa shape index (κ1) is 21.3. The molecule has 2 saturated heterocycles. The molecule has 0 saturated carbocycles. The van der Waals surface area contributed by atoms with Crippen LogP contribution in [0.1, 0.15) is 37.2 Å². The Balaban J connectivity index is 1.32. The maximum atomic E-state index is 13.2. The van der Waals surface area contributed by atoms with Gasteiger partial charge in [-0.3, -0.25) is 0 Å². The van der Waals surface area contributed by atoms with E-state index in [4.69, 9.17) is 16.3 Å². The molecule has 5 heteroatoms. The van der Waals surface area contributed by atoms with Crippen molar-refractivity contribution in [1.29, 1.82) is 0 Å². The lowest BCUT2D eigenvalue weighted by Crippen LogP contribution is -2.51. The van der Waals surface area contributed by atoms with Gasteiger partial charge >= 0.3 is 6.09 Å². The molecule has 2 atom stereocenters. The topological polar surface area (TPSA) is 32.8 Å².